The number of hydrogen-bond donors (Lipinski definition) is 1. The summed E-state index contributed by atoms with van der Waals surface area (Å²) in [5, 5.41) is 12.5. The molecule has 0 saturated heterocycles. The predicted molar refractivity (Wildman–Crippen MR) is 124 cm³/mol. The van der Waals surface area contributed by atoms with E-state index in [0.29, 0.717) is 22.4 Å². The van der Waals surface area contributed by atoms with Crippen LogP contribution in [0, 0.1) is 6.92 Å². The third kappa shape index (κ3) is 5.77. The van der Waals surface area contributed by atoms with Crippen LogP contribution in [0.5, 0.6) is 5.75 Å². The lowest BCUT2D eigenvalue weighted by Gasteiger charge is -2.15. The fraction of sp³-hybridized carbons (Fsp3) is 0.286. The fourth-order valence-electron chi connectivity index (χ4n) is 2.79. The van der Waals surface area contributed by atoms with Gasteiger partial charge in [-0.25, -0.2) is 0 Å². The van der Waals surface area contributed by atoms with Gasteiger partial charge < -0.3 is 14.6 Å². The average Bonchev–Trinajstić information content (AvgIpc) is 3.13. The molecule has 0 saturated carbocycles. The molecule has 158 valence electrons. The summed E-state index contributed by atoms with van der Waals surface area (Å²) in [6.45, 7) is 6.65. The lowest BCUT2D eigenvalue weighted by atomic mass is 10.2. The van der Waals surface area contributed by atoms with Crippen molar-refractivity contribution in [1.29, 1.82) is 0 Å². The molecule has 1 atom stereocenters. The van der Waals surface area contributed by atoms with E-state index in [2.05, 4.69) is 31.4 Å². The summed E-state index contributed by atoms with van der Waals surface area (Å²) in [6, 6.07) is 13.2. The van der Waals surface area contributed by atoms with Crippen LogP contribution in [0.4, 0.5) is 5.69 Å². The highest BCUT2D eigenvalue weighted by Crippen LogP contribution is 2.27. The number of benzene rings is 2. The van der Waals surface area contributed by atoms with Crippen molar-refractivity contribution < 1.29 is 9.53 Å². The molecule has 9 heteroatoms. The van der Waals surface area contributed by atoms with Crippen molar-refractivity contribution in [3.05, 3.63) is 63.3 Å². The van der Waals surface area contributed by atoms with Gasteiger partial charge in [-0.3, -0.25) is 4.79 Å². The number of aryl methyl sites for hydroxylation is 1. The number of hydrogen-bond acceptors (Lipinski definition) is 5. The first kappa shape index (κ1) is 22.7. The number of rotatable bonds is 8. The van der Waals surface area contributed by atoms with Gasteiger partial charge in [-0.2, -0.15) is 0 Å². The minimum absolute atomic E-state index is 0.166. The van der Waals surface area contributed by atoms with Crippen molar-refractivity contribution in [3.63, 3.8) is 0 Å². The zero-order valence-corrected chi connectivity index (χ0v) is 20.0. The van der Waals surface area contributed by atoms with Crippen LogP contribution in [0.25, 0.3) is 0 Å². The third-order valence-electron chi connectivity index (χ3n) is 4.30. The highest BCUT2D eigenvalue weighted by molar-refractivity contribution is 9.10. The van der Waals surface area contributed by atoms with Gasteiger partial charge in [0.2, 0.25) is 5.91 Å². The van der Waals surface area contributed by atoms with Gasteiger partial charge in [0.25, 0.3) is 0 Å². The molecule has 0 bridgehead atoms. The number of halogens is 2. The maximum atomic E-state index is 12.3. The zero-order chi connectivity index (χ0) is 21.7. The number of ether oxygens (including phenoxy) is 1. The van der Waals surface area contributed by atoms with E-state index in [9.17, 15) is 4.79 Å². The highest BCUT2D eigenvalue weighted by Gasteiger charge is 2.19. The number of anilines is 1. The SMILES string of the molecule is CCn1c(SCC(=O)Nc2ccc(Br)cc2Cl)nnc1C(C)Oc1ccc(C)cc1. The van der Waals surface area contributed by atoms with Crippen molar-refractivity contribution in [2.75, 3.05) is 11.1 Å². The van der Waals surface area contributed by atoms with Gasteiger partial charge in [0.15, 0.2) is 17.1 Å². The van der Waals surface area contributed by atoms with Crippen molar-refractivity contribution in [2.24, 2.45) is 0 Å². The van der Waals surface area contributed by atoms with Gasteiger partial charge in [-0.1, -0.05) is 57.0 Å². The van der Waals surface area contributed by atoms with Crippen LogP contribution in [0.2, 0.25) is 5.02 Å². The van der Waals surface area contributed by atoms with Crippen molar-refractivity contribution >= 4 is 50.9 Å². The fourth-order valence-corrected chi connectivity index (χ4v) is 4.32. The second kappa shape index (κ2) is 10.3. The van der Waals surface area contributed by atoms with Crippen LogP contribution in [0.15, 0.2) is 52.1 Å². The molecule has 1 amide bonds. The molecule has 0 aliphatic heterocycles. The van der Waals surface area contributed by atoms with E-state index in [0.717, 1.165) is 16.0 Å². The molecule has 0 spiro atoms. The van der Waals surface area contributed by atoms with E-state index in [1.165, 1.54) is 17.3 Å². The van der Waals surface area contributed by atoms with E-state index in [1.54, 1.807) is 12.1 Å². The molecule has 0 aliphatic rings. The van der Waals surface area contributed by atoms with Gasteiger partial charge >= 0.3 is 0 Å². The topological polar surface area (TPSA) is 69.0 Å². The standard InChI is InChI=1S/C21H22BrClN4O2S/c1-4-27-20(14(3)29-16-8-5-13(2)6-9-16)25-26-21(27)30-12-19(28)24-18-10-7-15(22)11-17(18)23/h5-11,14H,4,12H2,1-3H3,(H,24,28). The average molecular weight is 510 g/mol. The minimum Gasteiger partial charge on any atom is -0.483 e. The normalized spacial score (nSPS) is 11.9. The molecule has 30 heavy (non-hydrogen) atoms. The Labute approximate surface area is 193 Å². The predicted octanol–water partition coefficient (Wildman–Crippen LogP) is 5.89. The molecular weight excluding hydrogens is 488 g/mol. The molecule has 1 N–H and O–H groups in total. The van der Waals surface area contributed by atoms with Crippen molar-refractivity contribution in [2.45, 2.75) is 38.6 Å². The van der Waals surface area contributed by atoms with Gasteiger partial charge in [0.1, 0.15) is 5.75 Å². The largest absolute Gasteiger partial charge is 0.483 e. The first-order chi connectivity index (χ1) is 14.4. The van der Waals surface area contributed by atoms with Gasteiger partial charge in [-0.15, -0.1) is 10.2 Å². The van der Waals surface area contributed by atoms with E-state index in [-0.39, 0.29) is 17.8 Å². The molecule has 3 aromatic rings. The lowest BCUT2D eigenvalue weighted by molar-refractivity contribution is -0.113. The number of carbonyl (C=O) groups excluding carboxylic acids is 1. The monoisotopic (exact) mass is 508 g/mol. The van der Waals surface area contributed by atoms with Crippen LogP contribution in [0.3, 0.4) is 0 Å². The Balaban J connectivity index is 1.63. The van der Waals surface area contributed by atoms with Crippen LogP contribution < -0.4 is 10.1 Å². The zero-order valence-electron chi connectivity index (χ0n) is 16.9. The van der Waals surface area contributed by atoms with Crippen LogP contribution >= 0.6 is 39.3 Å². The molecule has 1 aromatic heterocycles. The van der Waals surface area contributed by atoms with Gasteiger partial charge in [0, 0.05) is 11.0 Å². The second-order valence-corrected chi connectivity index (χ2v) is 8.88. The van der Waals surface area contributed by atoms with E-state index in [1.807, 2.05) is 55.7 Å². The van der Waals surface area contributed by atoms with Crippen LogP contribution in [-0.2, 0) is 11.3 Å². The molecule has 0 fully saturated rings. The number of nitrogens with zero attached hydrogens (tertiary/aromatic N) is 3. The number of nitrogens with one attached hydrogen (secondary N) is 1. The number of carbonyl (C=O) groups is 1. The van der Waals surface area contributed by atoms with Crippen molar-refractivity contribution in [3.8, 4) is 5.75 Å². The van der Waals surface area contributed by atoms with Gasteiger partial charge in [-0.05, 0) is 51.1 Å². The Morgan fingerprint density at radius 3 is 2.67 bits per heavy atom. The summed E-state index contributed by atoms with van der Waals surface area (Å²) in [6.07, 6.45) is -0.273. The van der Waals surface area contributed by atoms with Crippen molar-refractivity contribution in [1.82, 2.24) is 14.8 Å². The summed E-state index contributed by atoms with van der Waals surface area (Å²) in [4.78, 5) is 12.3. The minimum atomic E-state index is -0.273. The molecule has 0 aliphatic carbocycles. The van der Waals surface area contributed by atoms with E-state index >= 15 is 0 Å². The highest BCUT2D eigenvalue weighted by atomic mass is 79.9. The lowest BCUT2D eigenvalue weighted by Crippen LogP contribution is -2.15. The summed E-state index contributed by atoms with van der Waals surface area (Å²) >= 11 is 10.8. The van der Waals surface area contributed by atoms with Crippen LogP contribution in [0.1, 0.15) is 31.3 Å². The molecule has 1 unspecified atom stereocenters. The number of aromatic nitrogens is 3. The third-order valence-corrected chi connectivity index (χ3v) is 6.07. The number of amides is 1. The first-order valence-electron chi connectivity index (χ1n) is 9.41. The second-order valence-electron chi connectivity index (χ2n) is 6.62. The molecule has 0 radical (unpaired) electrons. The Kier molecular flexibility index (Phi) is 7.80. The Morgan fingerprint density at radius 1 is 1.27 bits per heavy atom. The Hall–Kier alpha value is -2.03. The summed E-state index contributed by atoms with van der Waals surface area (Å²) < 4.78 is 8.82. The van der Waals surface area contributed by atoms with Gasteiger partial charge in [0.05, 0.1) is 16.5 Å². The maximum absolute atomic E-state index is 12.3. The Morgan fingerprint density at radius 2 is 2.00 bits per heavy atom. The van der Waals surface area contributed by atoms with E-state index in [4.69, 9.17) is 16.3 Å². The molecule has 6 nitrogen and oxygen atoms in total. The summed E-state index contributed by atoms with van der Waals surface area (Å²) in [5.74, 6) is 1.52. The smallest absolute Gasteiger partial charge is 0.234 e. The Bertz CT molecular complexity index is 1030. The molecule has 1 heterocycles. The molecular formula is C21H22BrClN4O2S. The quantitative estimate of drug-likeness (QED) is 0.383. The molecule has 3 rings (SSSR count). The van der Waals surface area contributed by atoms with E-state index < -0.39 is 0 Å². The number of thioether (sulfide) groups is 1. The molecule has 2 aromatic carbocycles. The first-order valence-corrected chi connectivity index (χ1v) is 11.6. The maximum Gasteiger partial charge on any atom is 0.234 e. The summed E-state index contributed by atoms with van der Waals surface area (Å²) in [7, 11) is 0. The summed E-state index contributed by atoms with van der Waals surface area (Å²) in [5.41, 5.74) is 1.75. The van der Waals surface area contributed by atoms with Crippen LogP contribution in [-0.4, -0.2) is 26.4 Å².